The number of rotatable bonds is 2. The van der Waals surface area contributed by atoms with Gasteiger partial charge in [0.1, 0.15) is 0 Å². The Labute approximate surface area is 118 Å². The molecule has 2 atom stereocenters. The molecule has 0 radical (unpaired) electrons. The van der Waals surface area contributed by atoms with E-state index in [1.165, 1.54) is 0 Å². The van der Waals surface area contributed by atoms with E-state index in [0.29, 0.717) is 16.9 Å². The van der Waals surface area contributed by atoms with Crippen molar-refractivity contribution in [2.75, 3.05) is 5.32 Å². The lowest BCUT2D eigenvalue weighted by molar-refractivity contribution is -0.117. The molecule has 0 saturated heterocycles. The molecular weight excluding hydrogens is 258 g/mol. The molecule has 0 aliphatic heterocycles. The molecule has 1 N–H and O–H groups in total. The monoisotopic (exact) mass is 275 g/mol. The van der Waals surface area contributed by atoms with Crippen LogP contribution < -0.4 is 5.32 Å². The summed E-state index contributed by atoms with van der Waals surface area (Å²) in [5.41, 5.74) is 0.840. The zero-order valence-corrected chi connectivity index (χ0v) is 11.6. The maximum absolute atomic E-state index is 12.3. The van der Waals surface area contributed by atoms with Gasteiger partial charge in [-0.05, 0) is 61.8 Å². The van der Waals surface area contributed by atoms with Crippen LogP contribution in [-0.4, -0.2) is 5.91 Å². The Bertz CT molecular complexity index is 478. The molecule has 3 rings (SSSR count). The lowest BCUT2D eigenvalue weighted by atomic mass is 10.1. The molecule has 0 bridgehead atoms. The van der Waals surface area contributed by atoms with Crippen LogP contribution in [0.25, 0.3) is 0 Å². The molecule has 1 saturated carbocycles. The minimum atomic E-state index is 0.180. The molecule has 0 spiro atoms. The fourth-order valence-electron chi connectivity index (χ4n) is 3.19. The van der Waals surface area contributed by atoms with Crippen LogP contribution in [0.3, 0.4) is 0 Å². The number of nitrogens with one attached hydrogen (secondary N) is 1. The van der Waals surface area contributed by atoms with Crippen LogP contribution in [0.4, 0.5) is 5.69 Å². The Morgan fingerprint density at radius 2 is 1.63 bits per heavy atom. The van der Waals surface area contributed by atoms with E-state index in [1.807, 2.05) is 12.1 Å². The second-order valence-electron chi connectivity index (χ2n) is 5.48. The van der Waals surface area contributed by atoms with Gasteiger partial charge in [0.15, 0.2) is 0 Å². The predicted octanol–water partition coefficient (Wildman–Crippen LogP) is 4.27. The molecule has 1 aromatic carbocycles. The smallest absolute Gasteiger partial charge is 0.228 e. The van der Waals surface area contributed by atoms with Gasteiger partial charge in [-0.15, -0.1) is 0 Å². The third kappa shape index (κ3) is 2.84. The number of hydrogen-bond donors (Lipinski definition) is 1. The Morgan fingerprint density at radius 1 is 1.05 bits per heavy atom. The van der Waals surface area contributed by atoms with Crippen molar-refractivity contribution >= 4 is 23.2 Å². The maximum Gasteiger partial charge on any atom is 0.228 e. The number of anilines is 1. The number of carbonyl (C=O) groups excluding carboxylic acids is 1. The summed E-state index contributed by atoms with van der Waals surface area (Å²) in [7, 11) is 0. The quantitative estimate of drug-likeness (QED) is 0.803. The standard InChI is InChI=1S/C16H18ClNO/c17-11-7-9-12(10-8-11)18-16(19)15-13-5-3-1-2-4-6-14(13)15/h1-2,7-10,13-15H,3-6H2,(H,18,19)/b2-1-/t13-,14-/m0/s1. The first-order chi connectivity index (χ1) is 9.25. The molecule has 3 heteroatoms. The number of carbonyl (C=O) groups is 1. The van der Waals surface area contributed by atoms with E-state index in [0.717, 1.165) is 31.4 Å². The highest BCUT2D eigenvalue weighted by Gasteiger charge is 2.53. The van der Waals surface area contributed by atoms with Gasteiger partial charge in [-0.3, -0.25) is 4.79 Å². The fourth-order valence-corrected chi connectivity index (χ4v) is 3.32. The van der Waals surface area contributed by atoms with Gasteiger partial charge in [-0.2, -0.15) is 0 Å². The number of halogens is 1. The van der Waals surface area contributed by atoms with Crippen molar-refractivity contribution in [3.05, 3.63) is 41.4 Å². The molecule has 1 aromatic rings. The van der Waals surface area contributed by atoms with Crippen LogP contribution in [0.15, 0.2) is 36.4 Å². The maximum atomic E-state index is 12.3. The van der Waals surface area contributed by atoms with Crippen LogP contribution in [0.1, 0.15) is 25.7 Å². The van der Waals surface area contributed by atoms with Gasteiger partial charge < -0.3 is 5.32 Å². The summed E-state index contributed by atoms with van der Waals surface area (Å²) in [5.74, 6) is 1.59. The molecule has 19 heavy (non-hydrogen) atoms. The van der Waals surface area contributed by atoms with Crippen LogP contribution in [0.5, 0.6) is 0 Å². The van der Waals surface area contributed by atoms with Crippen LogP contribution in [0.2, 0.25) is 5.02 Å². The molecule has 0 heterocycles. The molecule has 1 amide bonds. The Balaban J connectivity index is 1.61. The van der Waals surface area contributed by atoms with E-state index >= 15 is 0 Å². The zero-order valence-electron chi connectivity index (χ0n) is 10.8. The van der Waals surface area contributed by atoms with Crippen molar-refractivity contribution < 1.29 is 4.79 Å². The first kappa shape index (κ1) is 12.7. The van der Waals surface area contributed by atoms with Gasteiger partial charge >= 0.3 is 0 Å². The zero-order chi connectivity index (χ0) is 13.2. The van der Waals surface area contributed by atoms with Crippen LogP contribution in [0, 0.1) is 17.8 Å². The van der Waals surface area contributed by atoms with Crippen molar-refractivity contribution in [2.24, 2.45) is 17.8 Å². The summed E-state index contributed by atoms with van der Waals surface area (Å²) < 4.78 is 0. The van der Waals surface area contributed by atoms with Crippen molar-refractivity contribution in [3.8, 4) is 0 Å². The van der Waals surface area contributed by atoms with E-state index in [-0.39, 0.29) is 11.8 Å². The van der Waals surface area contributed by atoms with E-state index in [1.54, 1.807) is 12.1 Å². The lowest BCUT2D eigenvalue weighted by Crippen LogP contribution is -2.15. The summed E-state index contributed by atoms with van der Waals surface area (Å²) in [6, 6.07) is 7.31. The Kier molecular flexibility index (Phi) is 3.61. The highest BCUT2D eigenvalue weighted by atomic mass is 35.5. The minimum Gasteiger partial charge on any atom is -0.326 e. The van der Waals surface area contributed by atoms with Gasteiger partial charge in [-0.25, -0.2) is 0 Å². The SMILES string of the molecule is O=C(Nc1ccc(Cl)cc1)C1[C@H]2CC/C=C\CC[C@H]12. The predicted molar refractivity (Wildman–Crippen MR) is 78.2 cm³/mol. The molecule has 1 fully saturated rings. The van der Waals surface area contributed by atoms with E-state index in [9.17, 15) is 4.79 Å². The topological polar surface area (TPSA) is 29.1 Å². The van der Waals surface area contributed by atoms with Crippen molar-refractivity contribution in [3.63, 3.8) is 0 Å². The van der Waals surface area contributed by atoms with Crippen molar-refractivity contribution in [1.82, 2.24) is 0 Å². The first-order valence-electron chi connectivity index (χ1n) is 6.97. The largest absolute Gasteiger partial charge is 0.326 e. The number of benzene rings is 1. The Hall–Kier alpha value is -1.28. The van der Waals surface area contributed by atoms with Gasteiger partial charge in [0, 0.05) is 16.6 Å². The van der Waals surface area contributed by atoms with E-state index < -0.39 is 0 Å². The summed E-state index contributed by atoms with van der Waals surface area (Å²) in [5, 5.41) is 3.70. The number of fused-ring (bicyclic) bond motifs is 1. The molecule has 0 aromatic heterocycles. The first-order valence-corrected chi connectivity index (χ1v) is 7.35. The van der Waals surface area contributed by atoms with Crippen molar-refractivity contribution in [1.29, 1.82) is 0 Å². The summed E-state index contributed by atoms with van der Waals surface area (Å²) in [6.45, 7) is 0. The summed E-state index contributed by atoms with van der Waals surface area (Å²) in [4.78, 5) is 12.3. The third-order valence-corrected chi connectivity index (χ3v) is 4.50. The number of amides is 1. The average molecular weight is 276 g/mol. The third-order valence-electron chi connectivity index (χ3n) is 4.25. The van der Waals surface area contributed by atoms with E-state index in [2.05, 4.69) is 17.5 Å². The van der Waals surface area contributed by atoms with Gasteiger partial charge in [0.25, 0.3) is 0 Å². The van der Waals surface area contributed by atoms with Crippen LogP contribution in [-0.2, 0) is 4.79 Å². The van der Waals surface area contributed by atoms with Gasteiger partial charge in [-0.1, -0.05) is 23.8 Å². The Morgan fingerprint density at radius 3 is 2.21 bits per heavy atom. The number of hydrogen-bond acceptors (Lipinski definition) is 1. The van der Waals surface area contributed by atoms with Gasteiger partial charge in [0.2, 0.25) is 5.91 Å². The molecule has 0 unspecified atom stereocenters. The highest BCUT2D eigenvalue weighted by Crippen LogP contribution is 2.53. The second-order valence-corrected chi connectivity index (χ2v) is 5.91. The van der Waals surface area contributed by atoms with Crippen LogP contribution >= 0.6 is 11.6 Å². The molecular formula is C16H18ClNO. The summed E-state index contributed by atoms with van der Waals surface area (Å²) >= 11 is 5.84. The average Bonchev–Trinajstić information content (AvgIpc) is 3.03. The molecule has 2 aliphatic rings. The second kappa shape index (κ2) is 5.38. The summed E-state index contributed by atoms with van der Waals surface area (Å²) in [6.07, 6.45) is 9.04. The van der Waals surface area contributed by atoms with Crippen molar-refractivity contribution in [2.45, 2.75) is 25.7 Å². The fraction of sp³-hybridized carbons (Fsp3) is 0.438. The van der Waals surface area contributed by atoms with Gasteiger partial charge in [0.05, 0.1) is 0 Å². The lowest BCUT2D eigenvalue weighted by Gasteiger charge is -2.04. The highest BCUT2D eigenvalue weighted by molar-refractivity contribution is 6.30. The molecule has 100 valence electrons. The molecule has 2 aliphatic carbocycles. The molecule has 2 nitrogen and oxygen atoms in total. The number of allylic oxidation sites excluding steroid dienone is 2. The minimum absolute atomic E-state index is 0.180. The van der Waals surface area contributed by atoms with E-state index in [4.69, 9.17) is 11.6 Å². The normalized spacial score (nSPS) is 30.7.